The van der Waals surface area contributed by atoms with E-state index in [0.29, 0.717) is 25.9 Å². The van der Waals surface area contributed by atoms with E-state index in [1.807, 2.05) is 16.3 Å². The fourth-order valence-electron chi connectivity index (χ4n) is 3.40. The Morgan fingerprint density at radius 1 is 1.33 bits per heavy atom. The van der Waals surface area contributed by atoms with Gasteiger partial charge in [0.2, 0.25) is 5.91 Å². The second kappa shape index (κ2) is 6.46. The summed E-state index contributed by atoms with van der Waals surface area (Å²) in [6, 6.07) is 4.10. The summed E-state index contributed by atoms with van der Waals surface area (Å²) in [5, 5.41) is 12.7. The minimum Gasteiger partial charge on any atom is -0.387 e. The van der Waals surface area contributed by atoms with Gasteiger partial charge in [-0.2, -0.15) is 0 Å². The minimum atomic E-state index is -0.692. The molecule has 1 unspecified atom stereocenters. The van der Waals surface area contributed by atoms with E-state index < -0.39 is 5.60 Å². The maximum atomic E-state index is 12.3. The predicted molar refractivity (Wildman–Crippen MR) is 84.5 cm³/mol. The molecular formula is C16H24N2O2S. The molecule has 0 radical (unpaired) electrons. The molecule has 3 rings (SSSR count). The lowest BCUT2D eigenvalue weighted by Gasteiger charge is -2.28. The Kier molecular flexibility index (Phi) is 4.62. The van der Waals surface area contributed by atoms with Crippen LogP contribution in [0.15, 0.2) is 17.5 Å². The first-order valence-electron chi connectivity index (χ1n) is 7.90. The molecule has 1 aromatic rings. The number of β-amino-alcohol motifs (C(OH)–C–C–N with tert-alkyl or cyclic N) is 1. The molecule has 1 aromatic heterocycles. The largest absolute Gasteiger partial charge is 0.387 e. The lowest BCUT2D eigenvalue weighted by Crippen LogP contribution is -2.45. The van der Waals surface area contributed by atoms with E-state index in [9.17, 15) is 9.90 Å². The number of likely N-dealkylation sites (tertiary alicyclic amines) is 2. The Hall–Kier alpha value is -0.910. The molecule has 2 aliphatic heterocycles. The van der Waals surface area contributed by atoms with Crippen molar-refractivity contribution in [2.24, 2.45) is 0 Å². The molecule has 0 spiro atoms. The highest BCUT2D eigenvalue weighted by Crippen LogP contribution is 2.25. The highest BCUT2D eigenvalue weighted by atomic mass is 32.1. The number of amides is 1. The quantitative estimate of drug-likeness (QED) is 0.901. The molecule has 1 N–H and O–H groups in total. The smallest absolute Gasteiger partial charge is 0.223 e. The highest BCUT2D eigenvalue weighted by Gasteiger charge is 2.39. The van der Waals surface area contributed by atoms with E-state index >= 15 is 0 Å². The van der Waals surface area contributed by atoms with Gasteiger partial charge in [-0.15, -0.1) is 11.3 Å². The van der Waals surface area contributed by atoms with Crippen LogP contribution in [0.25, 0.3) is 0 Å². The van der Waals surface area contributed by atoms with Gasteiger partial charge in [0.05, 0.1) is 12.1 Å². The van der Waals surface area contributed by atoms with Crippen molar-refractivity contribution in [3.8, 4) is 0 Å². The Bertz CT molecular complexity index is 471. The van der Waals surface area contributed by atoms with Gasteiger partial charge in [-0.3, -0.25) is 4.79 Å². The molecule has 0 aromatic carbocycles. The number of aryl methyl sites for hydroxylation is 1. The number of aliphatic hydroxyl groups is 1. The number of thiophene rings is 1. The molecule has 21 heavy (non-hydrogen) atoms. The summed E-state index contributed by atoms with van der Waals surface area (Å²) in [5.74, 6) is 0.181. The summed E-state index contributed by atoms with van der Waals surface area (Å²) in [4.78, 5) is 17.7. The highest BCUT2D eigenvalue weighted by molar-refractivity contribution is 7.09. The predicted octanol–water partition coefficient (Wildman–Crippen LogP) is 1.74. The zero-order valence-corrected chi connectivity index (χ0v) is 13.3. The van der Waals surface area contributed by atoms with E-state index in [1.165, 1.54) is 17.7 Å². The molecule has 2 aliphatic rings. The number of carbonyl (C=O) groups excluding carboxylic acids is 1. The van der Waals surface area contributed by atoms with Gasteiger partial charge in [0.1, 0.15) is 0 Å². The summed E-state index contributed by atoms with van der Waals surface area (Å²) in [6.07, 6.45) is 4.56. The van der Waals surface area contributed by atoms with E-state index in [2.05, 4.69) is 11.0 Å². The molecule has 2 saturated heterocycles. The number of hydrogen-bond donors (Lipinski definition) is 1. The maximum absolute atomic E-state index is 12.3. The van der Waals surface area contributed by atoms with Crippen LogP contribution in [0.2, 0.25) is 0 Å². The molecule has 3 heterocycles. The van der Waals surface area contributed by atoms with Crippen LogP contribution in [0.1, 0.15) is 30.6 Å². The number of rotatable bonds is 5. The van der Waals surface area contributed by atoms with Gasteiger partial charge in [0.15, 0.2) is 0 Å². The Morgan fingerprint density at radius 2 is 2.14 bits per heavy atom. The van der Waals surface area contributed by atoms with Crippen LogP contribution in [0.5, 0.6) is 0 Å². The van der Waals surface area contributed by atoms with Crippen molar-refractivity contribution in [2.45, 2.75) is 37.7 Å². The molecule has 1 amide bonds. The van der Waals surface area contributed by atoms with E-state index in [0.717, 1.165) is 26.1 Å². The first kappa shape index (κ1) is 15.0. The van der Waals surface area contributed by atoms with E-state index in [1.54, 1.807) is 11.3 Å². The molecule has 116 valence electrons. The van der Waals surface area contributed by atoms with E-state index in [4.69, 9.17) is 0 Å². The Balaban J connectivity index is 1.47. The van der Waals surface area contributed by atoms with E-state index in [-0.39, 0.29) is 5.91 Å². The van der Waals surface area contributed by atoms with Crippen molar-refractivity contribution in [3.63, 3.8) is 0 Å². The SMILES string of the molecule is O=C(CCc1cccs1)N1CCC(O)(CN2CCCC2)C1. The van der Waals surface area contributed by atoms with Crippen LogP contribution in [-0.4, -0.2) is 59.1 Å². The lowest BCUT2D eigenvalue weighted by molar-refractivity contribution is -0.131. The topological polar surface area (TPSA) is 43.8 Å². The van der Waals surface area contributed by atoms with Gasteiger partial charge in [-0.25, -0.2) is 0 Å². The maximum Gasteiger partial charge on any atom is 0.223 e. The van der Waals surface area contributed by atoms with Gasteiger partial charge in [0.25, 0.3) is 0 Å². The van der Waals surface area contributed by atoms with Gasteiger partial charge < -0.3 is 14.9 Å². The van der Waals surface area contributed by atoms with Crippen molar-refractivity contribution in [1.29, 1.82) is 0 Å². The zero-order chi connectivity index (χ0) is 14.7. The third-order valence-corrected chi connectivity index (χ3v) is 5.50. The molecule has 5 heteroatoms. The standard InChI is InChI=1S/C16H24N2O2S/c19-15(6-5-14-4-3-11-21-14)18-10-7-16(20,13-18)12-17-8-1-2-9-17/h3-4,11,20H,1-2,5-10,12-13H2. The zero-order valence-electron chi connectivity index (χ0n) is 12.5. The molecule has 0 saturated carbocycles. The molecule has 2 fully saturated rings. The average Bonchev–Trinajstić information content (AvgIpc) is 3.18. The summed E-state index contributed by atoms with van der Waals surface area (Å²) >= 11 is 1.70. The van der Waals surface area contributed by atoms with Crippen molar-refractivity contribution in [1.82, 2.24) is 9.80 Å². The fourth-order valence-corrected chi connectivity index (χ4v) is 4.11. The first-order valence-corrected chi connectivity index (χ1v) is 8.78. The second-order valence-electron chi connectivity index (χ2n) is 6.35. The fraction of sp³-hybridized carbons (Fsp3) is 0.688. The third-order valence-electron chi connectivity index (χ3n) is 4.57. The molecule has 4 nitrogen and oxygen atoms in total. The first-order chi connectivity index (χ1) is 10.1. The third kappa shape index (κ3) is 3.84. The lowest BCUT2D eigenvalue weighted by atomic mass is 10.0. The summed E-state index contributed by atoms with van der Waals surface area (Å²) in [7, 11) is 0. The molecule has 0 aliphatic carbocycles. The van der Waals surface area contributed by atoms with Crippen LogP contribution in [0, 0.1) is 0 Å². The van der Waals surface area contributed by atoms with Crippen LogP contribution in [0.3, 0.4) is 0 Å². The summed E-state index contributed by atoms with van der Waals surface area (Å²) in [5.41, 5.74) is -0.692. The van der Waals surface area contributed by atoms with Crippen molar-refractivity contribution in [2.75, 3.05) is 32.7 Å². The number of carbonyl (C=O) groups is 1. The Labute approximate surface area is 130 Å². The normalized spacial score (nSPS) is 26.6. The van der Waals surface area contributed by atoms with Gasteiger partial charge >= 0.3 is 0 Å². The monoisotopic (exact) mass is 308 g/mol. The van der Waals surface area contributed by atoms with Crippen molar-refractivity contribution < 1.29 is 9.90 Å². The minimum absolute atomic E-state index is 0.181. The van der Waals surface area contributed by atoms with Crippen molar-refractivity contribution >= 4 is 17.2 Å². The number of hydrogen-bond acceptors (Lipinski definition) is 4. The average molecular weight is 308 g/mol. The van der Waals surface area contributed by atoms with Crippen LogP contribution in [-0.2, 0) is 11.2 Å². The van der Waals surface area contributed by atoms with Gasteiger partial charge in [0, 0.05) is 24.4 Å². The second-order valence-corrected chi connectivity index (χ2v) is 7.38. The van der Waals surface area contributed by atoms with Gasteiger partial charge in [-0.1, -0.05) is 6.07 Å². The molecule has 1 atom stereocenters. The van der Waals surface area contributed by atoms with Crippen LogP contribution < -0.4 is 0 Å². The van der Waals surface area contributed by atoms with Crippen LogP contribution >= 0.6 is 11.3 Å². The summed E-state index contributed by atoms with van der Waals surface area (Å²) < 4.78 is 0. The molecule has 0 bridgehead atoms. The summed E-state index contributed by atoms with van der Waals surface area (Å²) in [6.45, 7) is 4.12. The van der Waals surface area contributed by atoms with Gasteiger partial charge in [-0.05, 0) is 50.2 Å². The van der Waals surface area contributed by atoms with Crippen LogP contribution in [0.4, 0.5) is 0 Å². The number of nitrogens with zero attached hydrogens (tertiary/aromatic N) is 2. The van der Waals surface area contributed by atoms with Crippen molar-refractivity contribution in [3.05, 3.63) is 22.4 Å². The molecular weight excluding hydrogens is 284 g/mol. The Morgan fingerprint density at radius 3 is 2.86 bits per heavy atom.